The Labute approximate surface area is 173 Å². The van der Waals surface area contributed by atoms with E-state index in [1.54, 1.807) is 46.0 Å². The Morgan fingerprint density at radius 1 is 1.17 bits per heavy atom. The lowest BCUT2D eigenvalue weighted by atomic mass is 10.1. The molecule has 0 unspecified atom stereocenters. The molecule has 30 heavy (non-hydrogen) atoms. The third-order valence-corrected chi connectivity index (χ3v) is 4.13. The first-order chi connectivity index (χ1) is 14.3. The topological polar surface area (TPSA) is 119 Å². The average molecular weight is 409 g/mol. The van der Waals surface area contributed by atoms with Gasteiger partial charge in [-0.25, -0.2) is 14.5 Å². The number of aromatic nitrogens is 5. The third kappa shape index (κ3) is 4.77. The van der Waals surface area contributed by atoms with Crippen molar-refractivity contribution < 1.29 is 14.7 Å². The van der Waals surface area contributed by atoms with Crippen LogP contribution in [0.15, 0.2) is 53.7 Å². The maximum Gasteiger partial charge on any atom is 0.413 e. The smallest absolute Gasteiger partial charge is 0.413 e. The third-order valence-electron chi connectivity index (χ3n) is 4.13. The van der Waals surface area contributed by atoms with Gasteiger partial charge in [0.05, 0.1) is 5.69 Å². The quantitative estimate of drug-likeness (QED) is 0.491. The van der Waals surface area contributed by atoms with Gasteiger partial charge in [-0.15, -0.1) is 5.10 Å². The number of tetrazole rings is 1. The highest BCUT2D eigenvalue weighted by Gasteiger charge is 2.29. The van der Waals surface area contributed by atoms with Crippen LogP contribution in [0.4, 0.5) is 10.6 Å². The first-order valence-corrected chi connectivity index (χ1v) is 9.24. The highest BCUT2D eigenvalue weighted by Crippen LogP contribution is 2.22. The van der Waals surface area contributed by atoms with E-state index in [0.29, 0.717) is 23.0 Å². The Morgan fingerprint density at radius 2 is 1.90 bits per heavy atom. The zero-order chi connectivity index (χ0) is 21.7. The van der Waals surface area contributed by atoms with Crippen LogP contribution in [0.1, 0.15) is 37.9 Å². The highest BCUT2D eigenvalue weighted by atomic mass is 16.6. The number of carboxylic acid groups (broad SMARTS) is 1. The van der Waals surface area contributed by atoms with Gasteiger partial charge in [0.1, 0.15) is 5.82 Å². The molecular weight excluding hydrogens is 386 g/mol. The second-order valence-electron chi connectivity index (χ2n) is 7.48. The van der Waals surface area contributed by atoms with Crippen LogP contribution in [0.2, 0.25) is 0 Å². The molecule has 0 aliphatic rings. The van der Waals surface area contributed by atoms with E-state index in [1.807, 2.05) is 30.3 Å². The molecule has 0 aliphatic carbocycles. The Hall–Kier alpha value is -3.82. The van der Waals surface area contributed by atoms with E-state index >= 15 is 0 Å². The minimum absolute atomic E-state index is 0.0487. The number of hydrogen-bond acceptors (Lipinski definition) is 7. The van der Waals surface area contributed by atoms with E-state index in [-0.39, 0.29) is 6.61 Å². The predicted molar refractivity (Wildman–Crippen MR) is 110 cm³/mol. The number of rotatable bonds is 6. The fraction of sp³-hybridized carbons (Fsp3) is 0.300. The maximum absolute atomic E-state index is 11.7. The largest absolute Gasteiger partial charge is 0.465 e. The summed E-state index contributed by atoms with van der Waals surface area (Å²) in [5, 5.41) is 25.3. The second kappa shape index (κ2) is 8.68. The van der Waals surface area contributed by atoms with Gasteiger partial charge in [0.15, 0.2) is 12.3 Å². The molecule has 0 spiro atoms. The predicted octanol–water partition coefficient (Wildman–Crippen LogP) is 2.86. The van der Waals surface area contributed by atoms with Gasteiger partial charge in [0.2, 0.25) is 5.82 Å². The summed E-state index contributed by atoms with van der Waals surface area (Å²) in [6, 6.07) is 14.5. The molecule has 0 bridgehead atoms. The fourth-order valence-corrected chi connectivity index (χ4v) is 2.81. The number of anilines is 1. The summed E-state index contributed by atoms with van der Waals surface area (Å²) in [6.07, 6.45) is -1.08. The number of benzene rings is 1. The average Bonchev–Trinajstić information content (AvgIpc) is 3.10. The number of oxime groups is 1. The Morgan fingerprint density at radius 3 is 2.50 bits per heavy atom. The van der Waals surface area contributed by atoms with Crippen molar-refractivity contribution in [3.8, 4) is 0 Å². The van der Waals surface area contributed by atoms with Crippen LogP contribution in [0.25, 0.3) is 0 Å². The summed E-state index contributed by atoms with van der Waals surface area (Å²) >= 11 is 0. The van der Waals surface area contributed by atoms with Gasteiger partial charge in [-0.3, -0.25) is 4.90 Å². The summed E-state index contributed by atoms with van der Waals surface area (Å²) in [6.45, 7) is 5.46. The van der Waals surface area contributed by atoms with Crippen molar-refractivity contribution in [2.75, 3.05) is 4.90 Å². The first kappa shape index (κ1) is 20.9. The van der Waals surface area contributed by atoms with Gasteiger partial charge < -0.3 is 9.94 Å². The molecule has 0 saturated carbocycles. The molecule has 3 aromatic rings. The van der Waals surface area contributed by atoms with Crippen molar-refractivity contribution in [3.05, 3.63) is 65.6 Å². The van der Waals surface area contributed by atoms with Crippen molar-refractivity contribution in [2.24, 2.45) is 12.2 Å². The van der Waals surface area contributed by atoms with E-state index in [4.69, 9.17) is 4.84 Å². The summed E-state index contributed by atoms with van der Waals surface area (Å²) in [4.78, 5) is 22.9. The lowest BCUT2D eigenvalue weighted by Crippen LogP contribution is -2.45. The fourth-order valence-electron chi connectivity index (χ4n) is 2.81. The van der Waals surface area contributed by atoms with Crippen LogP contribution < -0.4 is 4.90 Å². The Kier molecular flexibility index (Phi) is 6.05. The molecule has 10 heteroatoms. The van der Waals surface area contributed by atoms with Crippen LogP contribution in [-0.2, 0) is 18.5 Å². The van der Waals surface area contributed by atoms with Crippen molar-refractivity contribution in [3.63, 3.8) is 0 Å². The number of hydrogen-bond donors (Lipinski definition) is 1. The van der Waals surface area contributed by atoms with E-state index in [1.165, 1.54) is 9.58 Å². The molecule has 0 atom stereocenters. The van der Waals surface area contributed by atoms with Crippen molar-refractivity contribution in [1.29, 1.82) is 0 Å². The Bertz CT molecular complexity index is 1040. The SMILES string of the molecule is Cn1nnnc1/C(=N\OCc1cccc(N(C(=O)O)C(C)(C)C)n1)c1ccccc1. The summed E-state index contributed by atoms with van der Waals surface area (Å²) in [5.74, 6) is 0.772. The number of pyridine rings is 1. The zero-order valence-corrected chi connectivity index (χ0v) is 17.2. The minimum Gasteiger partial charge on any atom is -0.465 e. The molecular formula is C20H23N7O3. The summed E-state index contributed by atoms with van der Waals surface area (Å²) < 4.78 is 1.50. The van der Waals surface area contributed by atoms with Crippen LogP contribution >= 0.6 is 0 Å². The molecule has 1 aromatic carbocycles. The number of aryl methyl sites for hydroxylation is 1. The summed E-state index contributed by atoms with van der Waals surface area (Å²) in [5.41, 5.74) is 1.16. The molecule has 156 valence electrons. The van der Waals surface area contributed by atoms with Crippen LogP contribution in [0, 0.1) is 0 Å². The molecule has 0 aliphatic heterocycles. The highest BCUT2D eigenvalue weighted by molar-refractivity contribution is 6.10. The van der Waals surface area contributed by atoms with Crippen LogP contribution in [0.5, 0.6) is 0 Å². The van der Waals surface area contributed by atoms with Crippen molar-refractivity contribution in [1.82, 2.24) is 25.2 Å². The molecule has 0 fully saturated rings. The molecule has 0 radical (unpaired) electrons. The maximum atomic E-state index is 11.7. The first-order valence-electron chi connectivity index (χ1n) is 9.24. The Balaban J connectivity index is 1.84. The van der Waals surface area contributed by atoms with Gasteiger partial charge in [-0.05, 0) is 43.3 Å². The molecule has 2 heterocycles. The second-order valence-corrected chi connectivity index (χ2v) is 7.48. The number of amides is 1. The molecule has 0 saturated heterocycles. The lowest BCUT2D eigenvalue weighted by Gasteiger charge is -2.32. The van der Waals surface area contributed by atoms with E-state index in [0.717, 1.165) is 5.56 Å². The lowest BCUT2D eigenvalue weighted by molar-refractivity contribution is 0.128. The number of carbonyl (C=O) groups is 1. The van der Waals surface area contributed by atoms with Crippen molar-refractivity contribution >= 4 is 17.6 Å². The molecule has 1 amide bonds. The van der Waals surface area contributed by atoms with Gasteiger partial charge >= 0.3 is 6.09 Å². The van der Waals surface area contributed by atoms with E-state index < -0.39 is 11.6 Å². The molecule has 2 aromatic heterocycles. The molecule has 3 rings (SSSR count). The van der Waals surface area contributed by atoms with Gasteiger partial charge in [0, 0.05) is 18.2 Å². The normalized spacial score (nSPS) is 11.9. The van der Waals surface area contributed by atoms with Gasteiger partial charge in [-0.2, -0.15) is 0 Å². The van der Waals surface area contributed by atoms with Gasteiger partial charge in [-0.1, -0.05) is 41.6 Å². The van der Waals surface area contributed by atoms with Crippen molar-refractivity contribution in [2.45, 2.75) is 32.9 Å². The molecule has 10 nitrogen and oxygen atoms in total. The zero-order valence-electron chi connectivity index (χ0n) is 17.2. The summed E-state index contributed by atoms with van der Waals surface area (Å²) in [7, 11) is 1.71. The minimum atomic E-state index is -1.08. The van der Waals surface area contributed by atoms with Crippen LogP contribution in [0.3, 0.4) is 0 Å². The standard InChI is InChI=1S/C20H23N7O3/c1-20(2,3)27(19(28)29)16-12-8-11-15(21-16)13-30-23-17(14-9-6-5-7-10-14)18-22-24-25-26(18)4/h5-12H,13H2,1-4H3,(H,28,29)/b23-17-. The molecule has 1 N–H and O–H groups in total. The van der Waals surface area contributed by atoms with Crippen LogP contribution in [-0.4, -0.2) is 47.6 Å². The van der Waals surface area contributed by atoms with Gasteiger partial charge in [0.25, 0.3) is 0 Å². The van der Waals surface area contributed by atoms with E-state index in [2.05, 4.69) is 25.7 Å². The number of nitrogens with zero attached hydrogens (tertiary/aromatic N) is 7. The van der Waals surface area contributed by atoms with E-state index in [9.17, 15) is 9.90 Å². The monoisotopic (exact) mass is 409 g/mol.